The Labute approximate surface area is 117 Å². The van der Waals surface area contributed by atoms with Gasteiger partial charge in [-0.25, -0.2) is 0 Å². The molecule has 16 heavy (non-hydrogen) atoms. The minimum Gasteiger partial charge on any atom is -0.530 e. The van der Waals surface area contributed by atoms with Crippen LogP contribution in [0, 0.1) is 3.57 Å². The maximum atomic E-state index is 11.2. The van der Waals surface area contributed by atoms with Crippen LogP contribution in [-0.4, -0.2) is 11.6 Å². The highest BCUT2D eigenvalue weighted by atomic mass is 127. The van der Waals surface area contributed by atoms with Crippen molar-refractivity contribution < 1.29 is 9.90 Å². The lowest BCUT2D eigenvalue weighted by Crippen LogP contribution is -2.52. The minimum atomic E-state index is -1.19. The normalized spacial score (nSPS) is 11.3. The summed E-state index contributed by atoms with van der Waals surface area (Å²) in [4.78, 5) is 12.4. The number of nitrogens with zero attached hydrogens (tertiary/aromatic N) is 1. The lowest BCUT2D eigenvalue weighted by atomic mass is 10.1. The molecular formula is C11H12BrINO2-. The fourth-order valence-corrected chi connectivity index (χ4v) is 2.94. The Balaban J connectivity index is 3.28. The zero-order valence-corrected chi connectivity index (χ0v) is 13.0. The number of carboxylic acid groups (broad SMARTS) is 1. The van der Waals surface area contributed by atoms with Gasteiger partial charge in [0.2, 0.25) is 0 Å². The molecule has 1 aromatic carbocycles. The van der Waals surface area contributed by atoms with Gasteiger partial charge in [0.1, 0.15) is 6.09 Å². The van der Waals surface area contributed by atoms with Gasteiger partial charge in [-0.3, -0.25) is 0 Å². The Hall–Kier alpha value is -0.300. The number of carbonyl (C=O) groups is 1. The first-order chi connectivity index (χ1) is 7.23. The van der Waals surface area contributed by atoms with Crippen LogP contribution in [0.3, 0.4) is 0 Å². The molecule has 1 amide bonds. The van der Waals surface area contributed by atoms with E-state index in [2.05, 4.69) is 38.5 Å². The zero-order valence-electron chi connectivity index (χ0n) is 9.25. The molecular weight excluding hydrogens is 385 g/mol. The molecule has 0 saturated carbocycles. The lowest BCUT2D eigenvalue weighted by molar-refractivity contribution is -0.247. The van der Waals surface area contributed by atoms with Gasteiger partial charge < -0.3 is 14.8 Å². The molecule has 0 unspecified atom stereocenters. The Kier molecular flexibility index (Phi) is 4.23. The van der Waals surface area contributed by atoms with Crippen LogP contribution in [-0.2, 0) is 0 Å². The predicted molar refractivity (Wildman–Crippen MR) is 74.5 cm³/mol. The third kappa shape index (κ3) is 3.10. The van der Waals surface area contributed by atoms with Gasteiger partial charge in [0.05, 0.1) is 5.69 Å². The van der Waals surface area contributed by atoms with Crippen molar-refractivity contribution in [3.63, 3.8) is 0 Å². The summed E-state index contributed by atoms with van der Waals surface area (Å²) < 4.78 is 1.79. The molecule has 0 N–H and O–H groups in total. The molecule has 0 aliphatic carbocycles. The molecule has 1 rings (SSSR count). The fraction of sp³-hybridized carbons (Fsp3) is 0.364. The number of carbonyl (C=O) groups excluding carboxylic acids is 1. The van der Waals surface area contributed by atoms with Gasteiger partial charge >= 0.3 is 0 Å². The first-order valence-corrected chi connectivity index (χ1v) is 6.57. The van der Waals surface area contributed by atoms with Crippen molar-refractivity contribution in [3.8, 4) is 0 Å². The van der Waals surface area contributed by atoms with E-state index in [0.717, 1.165) is 8.04 Å². The summed E-state index contributed by atoms with van der Waals surface area (Å²) in [5.74, 6) is 0. The van der Waals surface area contributed by atoms with E-state index in [9.17, 15) is 9.90 Å². The summed E-state index contributed by atoms with van der Waals surface area (Å²) in [5.41, 5.74) is 0.128. The van der Waals surface area contributed by atoms with Gasteiger partial charge in [-0.15, -0.1) is 0 Å². The predicted octanol–water partition coefficient (Wildman–Crippen LogP) is 3.00. The SMILES string of the molecule is CC(C)(C)N(C(=O)[O-])c1ccc(Br)cc1I. The average Bonchev–Trinajstić information content (AvgIpc) is 2.06. The number of hydrogen-bond donors (Lipinski definition) is 0. The Morgan fingerprint density at radius 1 is 1.44 bits per heavy atom. The molecule has 0 atom stereocenters. The highest BCUT2D eigenvalue weighted by Crippen LogP contribution is 2.30. The van der Waals surface area contributed by atoms with E-state index < -0.39 is 11.6 Å². The monoisotopic (exact) mass is 396 g/mol. The van der Waals surface area contributed by atoms with Crippen molar-refractivity contribution in [2.75, 3.05) is 4.90 Å². The number of rotatable bonds is 1. The van der Waals surface area contributed by atoms with Crippen LogP contribution in [0.1, 0.15) is 20.8 Å². The van der Waals surface area contributed by atoms with E-state index >= 15 is 0 Å². The molecule has 3 nitrogen and oxygen atoms in total. The summed E-state index contributed by atoms with van der Waals surface area (Å²) in [6, 6.07) is 5.46. The van der Waals surface area contributed by atoms with Crippen LogP contribution in [0.2, 0.25) is 0 Å². The topological polar surface area (TPSA) is 43.4 Å². The van der Waals surface area contributed by atoms with Gasteiger partial charge in [0.15, 0.2) is 0 Å². The Morgan fingerprint density at radius 3 is 2.38 bits per heavy atom. The van der Waals surface area contributed by atoms with Crippen LogP contribution >= 0.6 is 38.5 Å². The number of halogens is 2. The molecule has 0 aliphatic rings. The first kappa shape index (κ1) is 13.8. The van der Waals surface area contributed by atoms with Crippen molar-refractivity contribution in [3.05, 3.63) is 26.2 Å². The number of hydrogen-bond acceptors (Lipinski definition) is 2. The molecule has 0 aromatic heterocycles. The largest absolute Gasteiger partial charge is 0.530 e. The standard InChI is InChI=1S/C11H13BrINO2/c1-11(2,3)14(10(15)16)9-5-4-7(12)6-8(9)13/h4-6H,1-3H3,(H,15,16)/p-1. The molecule has 88 valence electrons. The quantitative estimate of drug-likeness (QED) is 0.685. The zero-order chi connectivity index (χ0) is 12.5. The van der Waals surface area contributed by atoms with Crippen LogP contribution in [0.5, 0.6) is 0 Å². The van der Waals surface area contributed by atoms with Crippen molar-refractivity contribution in [1.29, 1.82) is 0 Å². The Bertz CT molecular complexity index is 415. The van der Waals surface area contributed by atoms with Crippen LogP contribution < -0.4 is 10.0 Å². The maximum absolute atomic E-state index is 11.2. The molecule has 0 heterocycles. The number of benzene rings is 1. The smallest absolute Gasteiger partial charge is 0.142 e. The van der Waals surface area contributed by atoms with Gasteiger partial charge in [0, 0.05) is 13.6 Å². The number of amides is 1. The summed E-state index contributed by atoms with van der Waals surface area (Å²) in [5, 5.41) is 11.2. The summed E-state index contributed by atoms with van der Waals surface area (Å²) in [7, 11) is 0. The van der Waals surface area contributed by atoms with E-state index in [0.29, 0.717) is 5.69 Å². The highest BCUT2D eigenvalue weighted by Gasteiger charge is 2.24. The third-order valence-corrected chi connectivity index (χ3v) is 3.36. The molecule has 5 heteroatoms. The van der Waals surface area contributed by atoms with Crippen molar-refractivity contribution in [2.45, 2.75) is 26.3 Å². The molecule has 1 aromatic rings. The minimum absolute atomic E-state index is 0.521. The summed E-state index contributed by atoms with van der Waals surface area (Å²) in [6.45, 7) is 5.50. The molecule has 0 radical (unpaired) electrons. The molecule has 0 fully saturated rings. The summed E-state index contributed by atoms with van der Waals surface area (Å²) in [6.07, 6.45) is -1.19. The van der Waals surface area contributed by atoms with Gasteiger partial charge in [-0.1, -0.05) is 15.9 Å². The van der Waals surface area contributed by atoms with Gasteiger partial charge in [-0.05, 0) is 61.6 Å². The molecule has 0 aliphatic heterocycles. The van der Waals surface area contributed by atoms with Gasteiger partial charge in [0.25, 0.3) is 0 Å². The Morgan fingerprint density at radius 2 is 2.00 bits per heavy atom. The van der Waals surface area contributed by atoms with Crippen molar-refractivity contribution in [2.24, 2.45) is 0 Å². The first-order valence-electron chi connectivity index (χ1n) is 4.70. The average molecular weight is 397 g/mol. The second-order valence-electron chi connectivity index (χ2n) is 4.37. The van der Waals surface area contributed by atoms with E-state index in [1.165, 1.54) is 4.90 Å². The van der Waals surface area contributed by atoms with E-state index in [1.54, 1.807) is 6.07 Å². The second-order valence-corrected chi connectivity index (χ2v) is 6.45. The van der Waals surface area contributed by atoms with Crippen LogP contribution in [0.15, 0.2) is 22.7 Å². The number of anilines is 1. The maximum Gasteiger partial charge on any atom is 0.142 e. The molecule has 0 bridgehead atoms. The van der Waals surface area contributed by atoms with Crippen LogP contribution in [0.4, 0.5) is 10.5 Å². The molecule has 0 saturated heterocycles. The van der Waals surface area contributed by atoms with Gasteiger partial charge in [-0.2, -0.15) is 0 Å². The third-order valence-electron chi connectivity index (χ3n) is 2.00. The van der Waals surface area contributed by atoms with E-state index in [-0.39, 0.29) is 0 Å². The van der Waals surface area contributed by atoms with Crippen molar-refractivity contribution in [1.82, 2.24) is 0 Å². The van der Waals surface area contributed by atoms with E-state index in [1.807, 2.05) is 32.9 Å². The summed E-state index contributed by atoms with van der Waals surface area (Å²) >= 11 is 5.46. The van der Waals surface area contributed by atoms with E-state index in [4.69, 9.17) is 0 Å². The highest BCUT2D eigenvalue weighted by molar-refractivity contribution is 14.1. The van der Waals surface area contributed by atoms with Crippen LogP contribution in [0.25, 0.3) is 0 Å². The van der Waals surface area contributed by atoms with Crippen molar-refractivity contribution >= 4 is 50.3 Å². The second kappa shape index (κ2) is 4.91. The lowest BCUT2D eigenvalue weighted by Gasteiger charge is -2.38. The molecule has 0 spiro atoms. The fourth-order valence-electron chi connectivity index (χ4n) is 1.40.